The number of nitrogens with two attached hydrogens (primary N) is 1. The van der Waals surface area contributed by atoms with Crippen molar-refractivity contribution < 1.29 is 4.74 Å². The quantitative estimate of drug-likeness (QED) is 0.854. The van der Waals surface area contributed by atoms with Crippen LogP contribution in [0.4, 0.5) is 17.1 Å². The van der Waals surface area contributed by atoms with Gasteiger partial charge < -0.3 is 15.4 Å². The third-order valence-electron chi connectivity index (χ3n) is 2.99. The minimum atomic E-state index is 0.472. The van der Waals surface area contributed by atoms with Crippen LogP contribution in [0.25, 0.3) is 0 Å². The molecule has 0 fully saturated rings. The highest BCUT2D eigenvalue weighted by molar-refractivity contribution is 5.72. The zero-order valence-electron chi connectivity index (χ0n) is 10.9. The SMILES string of the molecule is COc1ccccc1N(C)c1ccc(N)c(C#N)c1. The Hall–Kier alpha value is -2.67. The van der Waals surface area contributed by atoms with Crippen molar-refractivity contribution in [3.05, 3.63) is 48.0 Å². The summed E-state index contributed by atoms with van der Waals surface area (Å²) in [4.78, 5) is 1.96. The number of ether oxygens (including phenoxy) is 1. The van der Waals surface area contributed by atoms with Gasteiger partial charge in [0.05, 0.1) is 18.4 Å². The first kappa shape index (κ1) is 12.8. The number of nitrogens with zero attached hydrogens (tertiary/aromatic N) is 2. The molecule has 0 unspecified atom stereocenters. The largest absolute Gasteiger partial charge is 0.495 e. The van der Waals surface area contributed by atoms with E-state index in [0.717, 1.165) is 17.1 Å². The number of para-hydroxylation sites is 2. The third-order valence-corrected chi connectivity index (χ3v) is 2.99. The third kappa shape index (κ3) is 2.45. The van der Waals surface area contributed by atoms with E-state index < -0.39 is 0 Å². The lowest BCUT2D eigenvalue weighted by molar-refractivity contribution is 0.415. The number of anilines is 3. The van der Waals surface area contributed by atoms with E-state index in [1.54, 1.807) is 19.2 Å². The smallest absolute Gasteiger partial charge is 0.142 e. The number of benzene rings is 2. The first-order valence-corrected chi connectivity index (χ1v) is 5.83. The molecule has 0 saturated heterocycles. The van der Waals surface area contributed by atoms with Crippen molar-refractivity contribution in [1.29, 1.82) is 5.26 Å². The van der Waals surface area contributed by atoms with Crippen molar-refractivity contribution in [3.63, 3.8) is 0 Å². The van der Waals surface area contributed by atoms with Crippen LogP contribution in [-0.4, -0.2) is 14.2 Å². The number of hydrogen-bond acceptors (Lipinski definition) is 4. The molecule has 4 nitrogen and oxygen atoms in total. The van der Waals surface area contributed by atoms with Gasteiger partial charge >= 0.3 is 0 Å². The summed E-state index contributed by atoms with van der Waals surface area (Å²) in [6, 6.07) is 15.2. The molecule has 19 heavy (non-hydrogen) atoms. The number of hydrogen-bond donors (Lipinski definition) is 1. The summed E-state index contributed by atoms with van der Waals surface area (Å²) in [5, 5.41) is 9.02. The van der Waals surface area contributed by atoms with Gasteiger partial charge in [0.2, 0.25) is 0 Å². The van der Waals surface area contributed by atoms with Crippen LogP contribution in [0.5, 0.6) is 5.75 Å². The monoisotopic (exact) mass is 253 g/mol. The number of nitriles is 1. The standard InChI is InChI=1S/C15H15N3O/c1-18(14-5-3-4-6-15(14)19-2)12-7-8-13(17)11(9-12)10-16/h3-9H,17H2,1-2H3. The molecule has 0 aliphatic heterocycles. The van der Waals surface area contributed by atoms with Crippen molar-refractivity contribution in [1.82, 2.24) is 0 Å². The minimum absolute atomic E-state index is 0.472. The molecule has 0 heterocycles. The second-order valence-corrected chi connectivity index (χ2v) is 4.11. The summed E-state index contributed by atoms with van der Waals surface area (Å²) in [7, 11) is 3.56. The molecule has 0 saturated carbocycles. The fourth-order valence-corrected chi connectivity index (χ4v) is 1.90. The number of nitrogen functional groups attached to an aromatic ring is 1. The van der Waals surface area contributed by atoms with Crippen molar-refractivity contribution in [2.75, 3.05) is 24.8 Å². The molecular weight excluding hydrogens is 238 g/mol. The zero-order valence-corrected chi connectivity index (χ0v) is 10.9. The molecule has 4 heteroatoms. The maximum atomic E-state index is 9.02. The van der Waals surface area contributed by atoms with Gasteiger partial charge in [0.1, 0.15) is 11.8 Å². The van der Waals surface area contributed by atoms with E-state index >= 15 is 0 Å². The van der Waals surface area contributed by atoms with E-state index in [0.29, 0.717) is 11.3 Å². The molecular formula is C15H15N3O. The Morgan fingerprint density at radius 3 is 2.63 bits per heavy atom. The predicted molar refractivity (Wildman–Crippen MR) is 76.6 cm³/mol. The molecule has 2 aromatic carbocycles. The van der Waals surface area contributed by atoms with Crippen LogP contribution in [0, 0.1) is 11.3 Å². The van der Waals surface area contributed by atoms with E-state index in [9.17, 15) is 0 Å². The maximum Gasteiger partial charge on any atom is 0.142 e. The van der Waals surface area contributed by atoms with Crippen molar-refractivity contribution in [2.24, 2.45) is 0 Å². The molecule has 0 radical (unpaired) electrons. The predicted octanol–water partition coefficient (Wildman–Crippen LogP) is 2.92. The van der Waals surface area contributed by atoms with Crippen LogP contribution in [0.3, 0.4) is 0 Å². The molecule has 96 valence electrons. The van der Waals surface area contributed by atoms with E-state index in [4.69, 9.17) is 15.7 Å². The van der Waals surface area contributed by atoms with Crippen molar-refractivity contribution >= 4 is 17.1 Å². The summed E-state index contributed by atoms with van der Waals surface area (Å²) < 4.78 is 5.34. The molecule has 0 aromatic heterocycles. The topological polar surface area (TPSA) is 62.3 Å². The average molecular weight is 253 g/mol. The van der Waals surface area contributed by atoms with Gasteiger partial charge in [0.25, 0.3) is 0 Å². The van der Waals surface area contributed by atoms with Gasteiger partial charge in [-0.15, -0.1) is 0 Å². The highest BCUT2D eigenvalue weighted by atomic mass is 16.5. The molecule has 0 atom stereocenters. The first-order valence-electron chi connectivity index (χ1n) is 5.83. The van der Waals surface area contributed by atoms with Gasteiger partial charge in [-0.1, -0.05) is 12.1 Å². The molecule has 0 bridgehead atoms. The van der Waals surface area contributed by atoms with E-state index in [-0.39, 0.29) is 0 Å². The lowest BCUT2D eigenvalue weighted by Crippen LogP contribution is -2.11. The Morgan fingerprint density at radius 2 is 1.95 bits per heavy atom. The normalized spacial score (nSPS) is 9.74. The Labute approximate surface area is 112 Å². The van der Waals surface area contributed by atoms with E-state index in [2.05, 4.69) is 6.07 Å². The highest BCUT2D eigenvalue weighted by Crippen LogP contribution is 2.33. The molecule has 2 N–H and O–H groups in total. The fourth-order valence-electron chi connectivity index (χ4n) is 1.90. The number of rotatable bonds is 3. The molecule has 0 aliphatic rings. The van der Waals surface area contributed by atoms with Crippen LogP contribution in [-0.2, 0) is 0 Å². The summed E-state index contributed by atoms with van der Waals surface area (Å²) in [6.07, 6.45) is 0. The Kier molecular flexibility index (Phi) is 3.58. The molecule has 2 rings (SSSR count). The second-order valence-electron chi connectivity index (χ2n) is 4.11. The van der Waals surface area contributed by atoms with Crippen LogP contribution >= 0.6 is 0 Å². The summed E-state index contributed by atoms with van der Waals surface area (Å²) in [5.41, 5.74) is 8.50. The van der Waals surface area contributed by atoms with Gasteiger partial charge in [-0.2, -0.15) is 5.26 Å². The van der Waals surface area contributed by atoms with E-state index in [1.165, 1.54) is 0 Å². The Bertz CT molecular complexity index is 632. The van der Waals surface area contributed by atoms with Crippen molar-refractivity contribution in [3.8, 4) is 11.8 Å². The van der Waals surface area contributed by atoms with Crippen LogP contribution < -0.4 is 15.4 Å². The summed E-state index contributed by atoms with van der Waals surface area (Å²) in [6.45, 7) is 0. The molecule has 0 aliphatic carbocycles. The summed E-state index contributed by atoms with van der Waals surface area (Å²) >= 11 is 0. The Morgan fingerprint density at radius 1 is 1.21 bits per heavy atom. The van der Waals surface area contributed by atoms with Gasteiger partial charge in [-0.25, -0.2) is 0 Å². The lowest BCUT2D eigenvalue weighted by Gasteiger charge is -2.22. The van der Waals surface area contributed by atoms with Crippen molar-refractivity contribution in [2.45, 2.75) is 0 Å². The zero-order chi connectivity index (χ0) is 13.8. The van der Waals surface area contributed by atoms with Gasteiger partial charge in [-0.3, -0.25) is 0 Å². The van der Waals surface area contributed by atoms with Crippen LogP contribution in [0.1, 0.15) is 5.56 Å². The highest BCUT2D eigenvalue weighted by Gasteiger charge is 2.10. The van der Waals surface area contributed by atoms with Crippen LogP contribution in [0.15, 0.2) is 42.5 Å². The Balaban J connectivity index is 2.44. The minimum Gasteiger partial charge on any atom is -0.495 e. The van der Waals surface area contributed by atoms with Gasteiger partial charge in [0.15, 0.2) is 0 Å². The fraction of sp³-hybridized carbons (Fsp3) is 0.133. The molecule has 2 aromatic rings. The average Bonchev–Trinajstić information content (AvgIpc) is 2.47. The second kappa shape index (κ2) is 5.32. The van der Waals surface area contributed by atoms with Crippen LogP contribution in [0.2, 0.25) is 0 Å². The summed E-state index contributed by atoms with van der Waals surface area (Å²) in [5.74, 6) is 0.778. The van der Waals surface area contributed by atoms with Gasteiger partial charge in [-0.05, 0) is 30.3 Å². The van der Waals surface area contributed by atoms with Gasteiger partial charge in [0, 0.05) is 18.4 Å². The molecule has 0 spiro atoms. The lowest BCUT2D eigenvalue weighted by atomic mass is 10.1. The maximum absolute atomic E-state index is 9.02. The number of methoxy groups -OCH3 is 1. The molecule has 0 amide bonds. The van der Waals surface area contributed by atoms with E-state index in [1.807, 2.05) is 42.3 Å². The first-order chi connectivity index (χ1) is 9.17.